The van der Waals surface area contributed by atoms with E-state index in [4.69, 9.17) is 0 Å². The van der Waals surface area contributed by atoms with Gasteiger partial charge in [-0.15, -0.1) is 0 Å². The standard InChI is InChI=1S/Co.4FH.K/h;4*1H;/q+3;;;;;+1/p-4. The van der Waals surface area contributed by atoms with Crippen molar-refractivity contribution in [3.8, 4) is 0 Å². The quantitative estimate of drug-likeness (QED) is 0.315. The zero-order valence-corrected chi connectivity index (χ0v) is 7.01. The molecule has 0 saturated heterocycles. The Bertz CT molecular complexity index is 23.0. The molecular formula is CoF4K. The summed E-state index contributed by atoms with van der Waals surface area (Å²) in [4.78, 5) is 0. The molecule has 0 N–H and O–H groups in total. The summed E-state index contributed by atoms with van der Waals surface area (Å²) in [6, 6.07) is 0. The molecule has 0 amide bonds. The van der Waals surface area contributed by atoms with Crippen LogP contribution in [0.25, 0.3) is 0 Å². The van der Waals surface area contributed by atoms with Gasteiger partial charge in [0.05, 0.1) is 0 Å². The summed E-state index contributed by atoms with van der Waals surface area (Å²) < 4.78 is 39.2. The van der Waals surface area contributed by atoms with Crippen LogP contribution in [0.1, 0.15) is 0 Å². The molecule has 0 aliphatic carbocycles. The van der Waals surface area contributed by atoms with Gasteiger partial charge in [0.2, 0.25) is 0 Å². The van der Waals surface area contributed by atoms with Gasteiger partial charge >= 0.3 is 80.1 Å². The van der Waals surface area contributed by atoms with Crippen LogP contribution < -0.4 is 51.4 Å². The molecule has 6 heteroatoms. The van der Waals surface area contributed by atoms with Gasteiger partial charge in [-0.1, -0.05) is 0 Å². The Kier molecular flexibility index (Phi) is 6.85. The van der Waals surface area contributed by atoms with Crippen molar-refractivity contribution in [3.63, 3.8) is 0 Å². The van der Waals surface area contributed by atoms with E-state index in [1.165, 1.54) is 0 Å². The van der Waals surface area contributed by atoms with Gasteiger partial charge in [0.25, 0.3) is 0 Å². The minimum Gasteiger partial charge on any atom is 1.00 e. The second-order valence-corrected chi connectivity index (χ2v) is 1.18. The third-order valence-corrected chi connectivity index (χ3v) is 0. The molecule has 0 aliphatic rings. The molecule has 6 heavy (non-hydrogen) atoms. The molecule has 0 unspecified atom stereocenters. The minimum absolute atomic E-state index is 0. The minimum atomic E-state index is -6.38. The Balaban J connectivity index is 0. The largest absolute Gasteiger partial charge is 1.00 e. The molecule has 0 fully saturated rings. The third-order valence-electron chi connectivity index (χ3n) is 0. The first-order valence-corrected chi connectivity index (χ1v) is 2.08. The number of hydrogen-bond donors (Lipinski definition) is 0. The molecule has 0 aromatic heterocycles. The molecule has 0 radical (unpaired) electrons. The van der Waals surface area contributed by atoms with Crippen LogP contribution >= 0.6 is 0 Å². The Morgan fingerprint density at radius 1 is 0.833 bits per heavy atom. The topological polar surface area (TPSA) is 0 Å². The van der Waals surface area contributed by atoms with E-state index in [1.54, 1.807) is 0 Å². The molecule has 0 aromatic carbocycles. The van der Waals surface area contributed by atoms with E-state index in [9.17, 15) is 14.3 Å². The Morgan fingerprint density at radius 2 is 0.833 bits per heavy atom. The van der Waals surface area contributed by atoms with Crippen LogP contribution in [0.5, 0.6) is 0 Å². The number of rotatable bonds is 0. The smallest absolute Gasteiger partial charge is 1.00 e. The van der Waals surface area contributed by atoms with Gasteiger partial charge < -0.3 is 0 Å². The summed E-state index contributed by atoms with van der Waals surface area (Å²) >= 11 is -6.38. The first kappa shape index (κ1) is 10.8. The molecule has 38 valence electrons. The molecule has 0 rings (SSSR count). The molecule has 0 saturated carbocycles. The summed E-state index contributed by atoms with van der Waals surface area (Å²) in [6.07, 6.45) is 0. The van der Waals surface area contributed by atoms with Crippen molar-refractivity contribution in [2.24, 2.45) is 0 Å². The van der Waals surface area contributed by atoms with E-state index in [-0.39, 0.29) is 51.4 Å². The predicted octanol–water partition coefficient (Wildman–Crippen LogP) is -1.32. The molecule has 0 aromatic rings. The van der Waals surface area contributed by atoms with E-state index < -0.39 is 14.4 Å². The first-order valence-electron chi connectivity index (χ1n) is 0.504. The summed E-state index contributed by atoms with van der Waals surface area (Å²) in [6.45, 7) is 0. The Labute approximate surface area is 78.7 Å². The van der Waals surface area contributed by atoms with Crippen LogP contribution in [0.15, 0.2) is 0 Å². The van der Waals surface area contributed by atoms with Gasteiger partial charge in [0, 0.05) is 0 Å². The average molecular weight is 174 g/mol. The molecular weight excluding hydrogens is 174 g/mol. The molecule has 0 nitrogen and oxygen atoms in total. The summed E-state index contributed by atoms with van der Waals surface area (Å²) in [7, 11) is 0. The van der Waals surface area contributed by atoms with Crippen LogP contribution in [-0.4, -0.2) is 0 Å². The number of hydrogen-bond acceptors (Lipinski definition) is 0. The fourth-order valence-corrected chi connectivity index (χ4v) is 0. The van der Waals surface area contributed by atoms with Crippen LogP contribution in [0.4, 0.5) is 14.3 Å². The van der Waals surface area contributed by atoms with Gasteiger partial charge in [-0.25, -0.2) is 0 Å². The summed E-state index contributed by atoms with van der Waals surface area (Å²) in [5.41, 5.74) is 0. The monoisotopic (exact) mass is 174 g/mol. The van der Waals surface area contributed by atoms with Crippen molar-refractivity contribution < 1.29 is 80.1 Å². The SMILES string of the molecule is [F][Co-]([F])([F])[F].[K+]. The zero-order chi connectivity index (χ0) is 4.50. The maximum Gasteiger partial charge on any atom is 1.00 e. The van der Waals surface area contributed by atoms with Crippen LogP contribution in [0, 0.1) is 0 Å². The van der Waals surface area contributed by atoms with Crippen molar-refractivity contribution >= 4 is 0 Å². The van der Waals surface area contributed by atoms with Gasteiger partial charge in [0.1, 0.15) is 0 Å². The van der Waals surface area contributed by atoms with Crippen molar-refractivity contribution in [2.75, 3.05) is 0 Å². The maximum atomic E-state index is 9.80. The van der Waals surface area contributed by atoms with E-state index in [0.29, 0.717) is 0 Å². The molecule has 0 aliphatic heterocycles. The van der Waals surface area contributed by atoms with Crippen molar-refractivity contribution in [1.29, 1.82) is 0 Å². The fourth-order valence-electron chi connectivity index (χ4n) is 0. The Morgan fingerprint density at radius 3 is 0.833 bits per heavy atom. The van der Waals surface area contributed by atoms with Crippen LogP contribution in [-0.2, 0) is 14.4 Å². The second kappa shape index (κ2) is 3.82. The van der Waals surface area contributed by atoms with Gasteiger partial charge in [-0.3, -0.25) is 0 Å². The van der Waals surface area contributed by atoms with E-state index in [0.717, 1.165) is 0 Å². The van der Waals surface area contributed by atoms with Gasteiger partial charge in [-0.05, 0) is 0 Å². The van der Waals surface area contributed by atoms with Crippen LogP contribution in [0.3, 0.4) is 0 Å². The molecule has 0 spiro atoms. The van der Waals surface area contributed by atoms with Crippen molar-refractivity contribution in [2.45, 2.75) is 0 Å². The van der Waals surface area contributed by atoms with E-state index in [2.05, 4.69) is 0 Å². The van der Waals surface area contributed by atoms with Crippen molar-refractivity contribution in [3.05, 3.63) is 0 Å². The second-order valence-electron chi connectivity index (χ2n) is 0.286. The Hall–Kier alpha value is 1.86. The summed E-state index contributed by atoms with van der Waals surface area (Å²) in [5.74, 6) is 0. The summed E-state index contributed by atoms with van der Waals surface area (Å²) in [5, 5.41) is 0. The van der Waals surface area contributed by atoms with Crippen LogP contribution in [0.2, 0.25) is 0 Å². The van der Waals surface area contributed by atoms with Crippen molar-refractivity contribution in [1.82, 2.24) is 0 Å². The first-order chi connectivity index (χ1) is 2.00. The third kappa shape index (κ3) is 40.0. The molecule has 0 bridgehead atoms. The van der Waals surface area contributed by atoms with E-state index >= 15 is 0 Å². The normalized spacial score (nSPS) is 12.7. The average Bonchev–Trinajstić information content (AvgIpc) is 0.722. The molecule has 0 atom stereocenters. The van der Waals surface area contributed by atoms with Gasteiger partial charge in [-0.2, -0.15) is 0 Å². The van der Waals surface area contributed by atoms with Gasteiger partial charge in [0.15, 0.2) is 0 Å². The zero-order valence-electron chi connectivity index (χ0n) is 2.85. The number of halogens is 4. The maximum absolute atomic E-state index is 9.80. The fraction of sp³-hybridized carbons (Fsp3) is 0. The van der Waals surface area contributed by atoms with E-state index in [1.807, 2.05) is 0 Å². The molecule has 0 heterocycles. The predicted molar refractivity (Wildman–Crippen MR) is 4.43 cm³/mol.